The van der Waals surface area contributed by atoms with E-state index in [1.165, 1.54) is 17.2 Å². The zero-order valence-electron chi connectivity index (χ0n) is 13.6. The Kier molecular flexibility index (Phi) is 3.78. The Bertz CT molecular complexity index is 1150. The Morgan fingerprint density at radius 1 is 0.880 bits per heavy atom. The normalized spacial score (nSPS) is 11.5. The van der Waals surface area contributed by atoms with Gasteiger partial charge in [-0.3, -0.25) is 4.79 Å². The standard InChI is InChI=1S/C18H14Cl2N4O/c1-8-3-14-15(4-9(8)2)23-16(22-14)7-17-21-13-6-12(20)11(19)5-10(13)18(25)24-17/h3-6H,7H2,1-2H3,(H,22,23)(H,21,24,25). The van der Waals surface area contributed by atoms with Crippen molar-refractivity contribution >= 4 is 45.1 Å². The third-order valence-electron chi connectivity index (χ3n) is 4.28. The van der Waals surface area contributed by atoms with Crippen LogP contribution in [-0.4, -0.2) is 19.9 Å². The molecule has 4 aromatic rings. The molecule has 0 aliphatic rings. The van der Waals surface area contributed by atoms with E-state index in [-0.39, 0.29) is 5.56 Å². The van der Waals surface area contributed by atoms with Crippen LogP contribution in [0.25, 0.3) is 21.9 Å². The van der Waals surface area contributed by atoms with Gasteiger partial charge in [0, 0.05) is 0 Å². The van der Waals surface area contributed by atoms with Gasteiger partial charge >= 0.3 is 0 Å². The third kappa shape index (κ3) is 2.90. The lowest BCUT2D eigenvalue weighted by molar-refractivity contribution is 0.921. The number of hydrogen-bond donors (Lipinski definition) is 2. The summed E-state index contributed by atoms with van der Waals surface area (Å²) in [5.41, 5.74) is 4.52. The maximum absolute atomic E-state index is 12.3. The fraction of sp³-hybridized carbons (Fsp3) is 0.167. The highest BCUT2D eigenvalue weighted by molar-refractivity contribution is 6.42. The van der Waals surface area contributed by atoms with E-state index in [9.17, 15) is 4.79 Å². The number of nitrogens with one attached hydrogen (secondary N) is 2. The molecule has 0 amide bonds. The number of aryl methyl sites for hydroxylation is 2. The predicted molar refractivity (Wildman–Crippen MR) is 101 cm³/mol. The summed E-state index contributed by atoms with van der Waals surface area (Å²) in [5.74, 6) is 1.26. The SMILES string of the molecule is Cc1cc2nc(Cc3nc4cc(Cl)c(Cl)cc4c(=O)[nH]3)[nH]c2cc1C. The fourth-order valence-electron chi connectivity index (χ4n) is 2.83. The molecule has 7 heteroatoms. The van der Waals surface area contributed by atoms with Gasteiger partial charge in [-0.05, 0) is 49.2 Å². The first-order valence-corrected chi connectivity index (χ1v) is 8.50. The van der Waals surface area contributed by atoms with Crippen molar-refractivity contribution in [2.45, 2.75) is 20.3 Å². The molecule has 4 rings (SSSR count). The van der Waals surface area contributed by atoms with Gasteiger partial charge in [-0.15, -0.1) is 0 Å². The lowest BCUT2D eigenvalue weighted by Gasteiger charge is -2.03. The fourth-order valence-corrected chi connectivity index (χ4v) is 3.15. The van der Waals surface area contributed by atoms with E-state index in [2.05, 4.69) is 39.8 Å². The van der Waals surface area contributed by atoms with Crippen molar-refractivity contribution in [2.75, 3.05) is 0 Å². The Morgan fingerprint density at radius 3 is 2.32 bits per heavy atom. The molecule has 126 valence electrons. The minimum Gasteiger partial charge on any atom is -0.342 e. The number of hydrogen-bond acceptors (Lipinski definition) is 3. The van der Waals surface area contributed by atoms with E-state index in [0.29, 0.717) is 33.2 Å². The molecule has 0 atom stereocenters. The number of nitrogens with zero attached hydrogens (tertiary/aromatic N) is 2. The second-order valence-electron chi connectivity index (χ2n) is 6.11. The molecule has 0 unspecified atom stereocenters. The highest BCUT2D eigenvalue weighted by atomic mass is 35.5. The van der Waals surface area contributed by atoms with Crippen LogP contribution in [0.5, 0.6) is 0 Å². The van der Waals surface area contributed by atoms with Crippen molar-refractivity contribution in [3.63, 3.8) is 0 Å². The number of benzene rings is 2. The van der Waals surface area contributed by atoms with Gasteiger partial charge in [-0.2, -0.15) is 0 Å². The van der Waals surface area contributed by atoms with Gasteiger partial charge < -0.3 is 9.97 Å². The Labute approximate surface area is 153 Å². The number of aromatic nitrogens is 4. The van der Waals surface area contributed by atoms with Crippen LogP contribution in [0.1, 0.15) is 22.8 Å². The molecule has 2 heterocycles. The summed E-state index contributed by atoms with van der Waals surface area (Å²) in [6, 6.07) is 7.24. The summed E-state index contributed by atoms with van der Waals surface area (Å²) in [6.07, 6.45) is 0.387. The van der Waals surface area contributed by atoms with E-state index in [1.807, 2.05) is 6.07 Å². The molecule has 2 N–H and O–H groups in total. The average Bonchev–Trinajstić information content (AvgIpc) is 2.91. The molecule has 2 aromatic carbocycles. The van der Waals surface area contributed by atoms with Crippen molar-refractivity contribution in [1.29, 1.82) is 0 Å². The van der Waals surface area contributed by atoms with Crippen molar-refractivity contribution < 1.29 is 0 Å². The highest BCUT2D eigenvalue weighted by Crippen LogP contribution is 2.25. The van der Waals surface area contributed by atoms with Crippen molar-refractivity contribution in [2.24, 2.45) is 0 Å². The molecular formula is C18H14Cl2N4O. The summed E-state index contributed by atoms with van der Waals surface area (Å²) in [5, 5.41) is 1.11. The van der Waals surface area contributed by atoms with Gasteiger partial charge in [0.1, 0.15) is 11.6 Å². The summed E-state index contributed by atoms with van der Waals surface area (Å²) in [6.45, 7) is 4.12. The topological polar surface area (TPSA) is 74.4 Å². The molecule has 0 fully saturated rings. The van der Waals surface area contributed by atoms with Crippen molar-refractivity contribution in [1.82, 2.24) is 19.9 Å². The molecule has 2 aromatic heterocycles. The lowest BCUT2D eigenvalue weighted by Crippen LogP contribution is -2.12. The Hall–Kier alpha value is -2.37. The largest absolute Gasteiger partial charge is 0.342 e. The molecule has 0 saturated carbocycles. The smallest absolute Gasteiger partial charge is 0.258 e. The molecule has 0 spiro atoms. The number of fused-ring (bicyclic) bond motifs is 2. The van der Waals surface area contributed by atoms with Gasteiger partial charge in [0.2, 0.25) is 0 Å². The Balaban J connectivity index is 1.78. The number of halogens is 2. The molecule has 0 aliphatic heterocycles. The minimum absolute atomic E-state index is 0.249. The maximum Gasteiger partial charge on any atom is 0.258 e. The number of imidazole rings is 1. The molecule has 0 radical (unpaired) electrons. The van der Waals surface area contributed by atoms with Gasteiger partial charge in [-0.1, -0.05) is 23.2 Å². The first-order valence-electron chi connectivity index (χ1n) is 7.74. The first kappa shape index (κ1) is 16.1. The van der Waals surface area contributed by atoms with Gasteiger partial charge in [0.05, 0.1) is 38.4 Å². The molecule has 0 aliphatic carbocycles. The van der Waals surface area contributed by atoms with E-state index >= 15 is 0 Å². The second kappa shape index (κ2) is 5.86. The zero-order chi connectivity index (χ0) is 17.7. The molecule has 5 nitrogen and oxygen atoms in total. The number of aromatic amines is 2. The molecular weight excluding hydrogens is 359 g/mol. The van der Waals surface area contributed by atoms with Gasteiger partial charge in [-0.25, -0.2) is 9.97 Å². The van der Waals surface area contributed by atoms with Crippen molar-refractivity contribution in [3.8, 4) is 0 Å². The van der Waals surface area contributed by atoms with Crippen LogP contribution in [0.3, 0.4) is 0 Å². The highest BCUT2D eigenvalue weighted by Gasteiger charge is 2.11. The molecule has 25 heavy (non-hydrogen) atoms. The van der Waals surface area contributed by atoms with Crippen molar-refractivity contribution in [3.05, 3.63) is 67.4 Å². The Morgan fingerprint density at radius 2 is 1.52 bits per heavy atom. The van der Waals surface area contributed by atoms with Crippen LogP contribution in [0, 0.1) is 13.8 Å². The molecule has 0 saturated heterocycles. The summed E-state index contributed by atoms with van der Waals surface area (Å²) < 4.78 is 0. The quantitative estimate of drug-likeness (QED) is 0.550. The van der Waals surface area contributed by atoms with E-state index in [1.54, 1.807) is 6.07 Å². The maximum atomic E-state index is 12.3. The third-order valence-corrected chi connectivity index (χ3v) is 5.00. The second-order valence-corrected chi connectivity index (χ2v) is 6.92. The van der Waals surface area contributed by atoms with Gasteiger partial charge in [0.25, 0.3) is 5.56 Å². The van der Waals surface area contributed by atoms with Crippen LogP contribution < -0.4 is 5.56 Å². The monoisotopic (exact) mass is 372 g/mol. The van der Waals surface area contributed by atoms with Crippen LogP contribution in [0.4, 0.5) is 0 Å². The van der Waals surface area contributed by atoms with E-state index in [0.717, 1.165) is 16.9 Å². The first-order chi connectivity index (χ1) is 11.9. The lowest BCUT2D eigenvalue weighted by atomic mass is 10.1. The van der Waals surface area contributed by atoms with Crippen LogP contribution in [0.2, 0.25) is 10.0 Å². The van der Waals surface area contributed by atoms with Crippen LogP contribution >= 0.6 is 23.2 Å². The van der Waals surface area contributed by atoms with E-state index in [4.69, 9.17) is 23.2 Å². The van der Waals surface area contributed by atoms with Gasteiger partial charge in [0.15, 0.2) is 0 Å². The van der Waals surface area contributed by atoms with E-state index < -0.39 is 0 Å². The number of H-pyrrole nitrogens is 2. The van der Waals surface area contributed by atoms with Crippen LogP contribution in [-0.2, 0) is 6.42 Å². The zero-order valence-corrected chi connectivity index (χ0v) is 15.1. The minimum atomic E-state index is -0.249. The van der Waals surface area contributed by atoms with Crippen LogP contribution in [0.15, 0.2) is 29.1 Å². The summed E-state index contributed by atoms with van der Waals surface area (Å²) in [7, 11) is 0. The molecule has 0 bridgehead atoms. The number of rotatable bonds is 2. The average molecular weight is 373 g/mol. The summed E-state index contributed by atoms with van der Waals surface area (Å²) in [4.78, 5) is 27.4. The summed E-state index contributed by atoms with van der Waals surface area (Å²) >= 11 is 12.0. The predicted octanol–water partition coefficient (Wildman–Crippen LogP) is 4.31.